The van der Waals surface area contributed by atoms with Crippen molar-refractivity contribution in [2.45, 2.75) is 26.8 Å². The van der Waals surface area contributed by atoms with Gasteiger partial charge in [0.2, 0.25) is 5.91 Å². The molecule has 2 aromatic carbocycles. The van der Waals surface area contributed by atoms with Gasteiger partial charge in [-0.15, -0.1) is 0 Å². The lowest BCUT2D eigenvalue weighted by Gasteiger charge is -2.05. The van der Waals surface area contributed by atoms with Crippen LogP contribution in [0, 0.1) is 6.92 Å². The molecule has 1 N–H and O–H groups in total. The molecule has 118 valence electrons. The highest BCUT2D eigenvalue weighted by Gasteiger charge is 2.14. The fourth-order valence-electron chi connectivity index (χ4n) is 2.68. The van der Waals surface area contributed by atoms with E-state index in [-0.39, 0.29) is 12.5 Å². The average molecular weight is 307 g/mol. The molecule has 0 saturated carbocycles. The highest BCUT2D eigenvalue weighted by atomic mass is 16.2. The molecule has 1 amide bonds. The van der Waals surface area contributed by atoms with Gasteiger partial charge in [-0.05, 0) is 25.5 Å². The number of carbonyl (C=O) groups excluding carboxylic acids is 1. The van der Waals surface area contributed by atoms with Crippen molar-refractivity contribution in [2.75, 3.05) is 6.54 Å². The van der Waals surface area contributed by atoms with E-state index in [1.807, 2.05) is 43.3 Å². The third kappa shape index (κ3) is 3.26. The second kappa shape index (κ2) is 6.65. The lowest BCUT2D eigenvalue weighted by molar-refractivity contribution is -0.121. The first-order valence-electron chi connectivity index (χ1n) is 7.98. The quantitative estimate of drug-likeness (QED) is 0.783. The Morgan fingerprint density at radius 1 is 1.17 bits per heavy atom. The van der Waals surface area contributed by atoms with Gasteiger partial charge < -0.3 is 5.32 Å². The molecule has 1 heterocycles. The number of nitrogens with one attached hydrogen (secondary N) is 1. The molecule has 0 aliphatic rings. The van der Waals surface area contributed by atoms with Gasteiger partial charge in [0.25, 0.3) is 0 Å². The Bertz CT molecular complexity index is 821. The summed E-state index contributed by atoms with van der Waals surface area (Å²) in [5, 5.41) is 8.69. The minimum Gasteiger partial charge on any atom is -0.355 e. The Morgan fingerprint density at radius 2 is 1.96 bits per heavy atom. The van der Waals surface area contributed by atoms with Crippen LogP contribution in [-0.4, -0.2) is 22.2 Å². The number of fused-ring (bicyclic) bond motifs is 1. The molecule has 0 fully saturated rings. The van der Waals surface area contributed by atoms with Crippen LogP contribution in [0.5, 0.6) is 0 Å². The molecule has 0 atom stereocenters. The zero-order chi connectivity index (χ0) is 16.2. The van der Waals surface area contributed by atoms with E-state index in [1.54, 1.807) is 4.68 Å². The van der Waals surface area contributed by atoms with Crippen LogP contribution in [-0.2, 0) is 11.3 Å². The fourth-order valence-corrected chi connectivity index (χ4v) is 2.68. The summed E-state index contributed by atoms with van der Waals surface area (Å²) >= 11 is 0. The molecule has 0 aliphatic heterocycles. The number of aryl methyl sites for hydroxylation is 1. The summed E-state index contributed by atoms with van der Waals surface area (Å²) in [4.78, 5) is 12.1. The lowest BCUT2D eigenvalue weighted by Crippen LogP contribution is -2.28. The normalized spacial score (nSPS) is 10.9. The zero-order valence-electron chi connectivity index (χ0n) is 13.5. The number of rotatable bonds is 5. The van der Waals surface area contributed by atoms with Crippen molar-refractivity contribution >= 4 is 16.8 Å². The van der Waals surface area contributed by atoms with Crippen LogP contribution >= 0.6 is 0 Å². The largest absolute Gasteiger partial charge is 0.355 e. The van der Waals surface area contributed by atoms with Gasteiger partial charge in [0.1, 0.15) is 12.2 Å². The molecule has 4 heteroatoms. The molecule has 4 nitrogen and oxygen atoms in total. The van der Waals surface area contributed by atoms with E-state index in [9.17, 15) is 4.79 Å². The van der Waals surface area contributed by atoms with Gasteiger partial charge in [0, 0.05) is 17.5 Å². The van der Waals surface area contributed by atoms with Crippen LogP contribution in [0.4, 0.5) is 0 Å². The smallest absolute Gasteiger partial charge is 0.241 e. The summed E-state index contributed by atoms with van der Waals surface area (Å²) in [5.74, 6) is -0.00330. The standard InChI is InChI=1S/C19H21N3O/c1-3-11-20-18(23)13-22-17-10-9-14(2)12-16(17)19(21-22)15-7-5-4-6-8-15/h4-10,12H,3,11,13H2,1-2H3,(H,20,23). The molecule has 0 bridgehead atoms. The summed E-state index contributed by atoms with van der Waals surface area (Å²) < 4.78 is 1.79. The average Bonchev–Trinajstić information content (AvgIpc) is 2.91. The maximum Gasteiger partial charge on any atom is 0.241 e. The topological polar surface area (TPSA) is 46.9 Å². The lowest BCUT2D eigenvalue weighted by atomic mass is 10.1. The van der Waals surface area contributed by atoms with E-state index in [4.69, 9.17) is 5.10 Å². The van der Waals surface area contributed by atoms with Crippen molar-refractivity contribution in [3.8, 4) is 11.3 Å². The number of carbonyl (C=O) groups is 1. The van der Waals surface area contributed by atoms with Crippen molar-refractivity contribution in [1.29, 1.82) is 0 Å². The summed E-state index contributed by atoms with van der Waals surface area (Å²) in [5.41, 5.74) is 4.16. The number of nitrogens with zero attached hydrogens (tertiary/aromatic N) is 2. The molecule has 0 spiro atoms. The highest BCUT2D eigenvalue weighted by Crippen LogP contribution is 2.28. The van der Waals surface area contributed by atoms with Crippen molar-refractivity contribution < 1.29 is 4.79 Å². The molecule has 0 saturated heterocycles. The van der Waals surface area contributed by atoms with Crippen LogP contribution < -0.4 is 5.32 Å². The van der Waals surface area contributed by atoms with E-state index in [0.29, 0.717) is 6.54 Å². The van der Waals surface area contributed by atoms with Crippen LogP contribution in [0.1, 0.15) is 18.9 Å². The zero-order valence-corrected chi connectivity index (χ0v) is 13.5. The van der Waals surface area contributed by atoms with Gasteiger partial charge in [-0.1, -0.05) is 48.9 Å². The summed E-state index contributed by atoms with van der Waals surface area (Å²) in [6.07, 6.45) is 0.931. The monoisotopic (exact) mass is 307 g/mol. The van der Waals surface area contributed by atoms with Crippen LogP contribution in [0.15, 0.2) is 48.5 Å². The molecular weight excluding hydrogens is 286 g/mol. The highest BCUT2D eigenvalue weighted by molar-refractivity contribution is 5.94. The van der Waals surface area contributed by atoms with Crippen molar-refractivity contribution in [2.24, 2.45) is 0 Å². The molecule has 23 heavy (non-hydrogen) atoms. The molecule has 3 aromatic rings. The Labute approximate surface area is 136 Å². The van der Waals surface area contributed by atoms with E-state index < -0.39 is 0 Å². The Balaban J connectivity index is 2.04. The first-order chi connectivity index (χ1) is 11.2. The maximum atomic E-state index is 12.1. The van der Waals surface area contributed by atoms with E-state index >= 15 is 0 Å². The van der Waals surface area contributed by atoms with Crippen LogP contribution in [0.2, 0.25) is 0 Å². The second-order valence-electron chi connectivity index (χ2n) is 5.74. The predicted octanol–water partition coefficient (Wildman–Crippen LogP) is 3.54. The van der Waals surface area contributed by atoms with Gasteiger partial charge in [0.15, 0.2) is 0 Å². The molecule has 0 aliphatic carbocycles. The summed E-state index contributed by atoms with van der Waals surface area (Å²) in [6.45, 7) is 5.05. The van der Waals surface area contributed by atoms with Gasteiger partial charge in [-0.3, -0.25) is 9.48 Å². The molecule has 1 aromatic heterocycles. The van der Waals surface area contributed by atoms with Gasteiger partial charge in [-0.2, -0.15) is 5.10 Å². The number of benzene rings is 2. The first kappa shape index (κ1) is 15.3. The fraction of sp³-hybridized carbons (Fsp3) is 0.263. The Kier molecular flexibility index (Phi) is 4.42. The van der Waals surface area contributed by atoms with Crippen molar-refractivity contribution in [3.63, 3.8) is 0 Å². The first-order valence-corrected chi connectivity index (χ1v) is 7.98. The number of aromatic nitrogens is 2. The van der Waals surface area contributed by atoms with Crippen LogP contribution in [0.3, 0.4) is 0 Å². The SMILES string of the molecule is CCCNC(=O)Cn1nc(-c2ccccc2)c2cc(C)ccc21. The third-order valence-corrected chi connectivity index (χ3v) is 3.82. The van der Waals surface area contributed by atoms with E-state index in [0.717, 1.165) is 28.6 Å². The molecule has 3 rings (SSSR count). The second-order valence-corrected chi connectivity index (χ2v) is 5.74. The summed E-state index contributed by atoms with van der Waals surface area (Å²) in [7, 11) is 0. The maximum absolute atomic E-state index is 12.1. The predicted molar refractivity (Wildman–Crippen MR) is 93.2 cm³/mol. The van der Waals surface area contributed by atoms with Gasteiger partial charge in [-0.25, -0.2) is 0 Å². The number of hydrogen-bond donors (Lipinski definition) is 1. The number of amides is 1. The van der Waals surface area contributed by atoms with E-state index in [1.165, 1.54) is 5.56 Å². The van der Waals surface area contributed by atoms with E-state index in [2.05, 4.69) is 24.4 Å². The van der Waals surface area contributed by atoms with Crippen molar-refractivity contribution in [3.05, 3.63) is 54.1 Å². The molecular formula is C19H21N3O. The van der Waals surface area contributed by atoms with Gasteiger partial charge >= 0.3 is 0 Å². The third-order valence-electron chi connectivity index (χ3n) is 3.82. The summed E-state index contributed by atoms with van der Waals surface area (Å²) in [6, 6.07) is 16.3. The minimum absolute atomic E-state index is 0.00330. The van der Waals surface area contributed by atoms with Crippen molar-refractivity contribution in [1.82, 2.24) is 15.1 Å². The Hall–Kier alpha value is -2.62. The number of hydrogen-bond acceptors (Lipinski definition) is 2. The molecule has 0 unspecified atom stereocenters. The van der Waals surface area contributed by atoms with Crippen LogP contribution in [0.25, 0.3) is 22.2 Å². The molecule has 0 radical (unpaired) electrons. The minimum atomic E-state index is -0.00330. The Morgan fingerprint density at radius 3 is 2.70 bits per heavy atom. The van der Waals surface area contributed by atoms with Gasteiger partial charge in [0.05, 0.1) is 5.52 Å².